The van der Waals surface area contributed by atoms with Crippen LogP contribution in [-0.2, 0) is 15.6 Å². The molecule has 1 aromatic carbocycles. The first-order valence-electron chi connectivity index (χ1n) is 7.10. The zero-order valence-electron chi connectivity index (χ0n) is 11.8. The van der Waals surface area contributed by atoms with Gasteiger partial charge in [0.25, 0.3) is 0 Å². The number of nitrogens with one attached hydrogen (secondary N) is 1. The predicted octanol–water partition coefficient (Wildman–Crippen LogP) is 2.53. The third kappa shape index (κ3) is 4.07. The molecule has 110 valence electrons. The number of anilines is 2. The van der Waals surface area contributed by atoms with E-state index in [2.05, 4.69) is 5.32 Å². The maximum absolute atomic E-state index is 12.2. The van der Waals surface area contributed by atoms with Crippen molar-refractivity contribution in [2.75, 3.05) is 16.8 Å². The Morgan fingerprint density at radius 1 is 1.35 bits per heavy atom. The van der Waals surface area contributed by atoms with Gasteiger partial charge < -0.3 is 11.1 Å². The number of carbonyl (C=O) groups excluding carboxylic acids is 1. The highest BCUT2D eigenvalue weighted by Crippen LogP contribution is 2.26. The average molecular weight is 294 g/mol. The number of hydrogen-bond donors (Lipinski definition) is 2. The molecule has 1 aromatic rings. The van der Waals surface area contributed by atoms with Crippen molar-refractivity contribution >= 4 is 28.1 Å². The number of rotatable bonds is 5. The molecule has 1 fully saturated rings. The van der Waals surface area contributed by atoms with Crippen LogP contribution in [0.25, 0.3) is 0 Å². The van der Waals surface area contributed by atoms with Gasteiger partial charge in [0, 0.05) is 27.9 Å². The molecule has 0 heterocycles. The van der Waals surface area contributed by atoms with Crippen molar-refractivity contribution in [3.05, 3.63) is 24.3 Å². The molecule has 4 nitrogen and oxygen atoms in total. The topological polar surface area (TPSA) is 72.2 Å². The van der Waals surface area contributed by atoms with Gasteiger partial charge in [-0.15, -0.1) is 0 Å². The molecule has 1 amide bonds. The summed E-state index contributed by atoms with van der Waals surface area (Å²) in [5.74, 6) is 0.991. The molecule has 20 heavy (non-hydrogen) atoms. The molecule has 1 aliphatic rings. The van der Waals surface area contributed by atoms with Gasteiger partial charge in [-0.1, -0.05) is 12.8 Å². The van der Waals surface area contributed by atoms with Gasteiger partial charge in [-0.2, -0.15) is 0 Å². The summed E-state index contributed by atoms with van der Waals surface area (Å²) in [6, 6.07) is 6.96. The Balaban J connectivity index is 1.87. The van der Waals surface area contributed by atoms with Crippen LogP contribution in [0, 0.1) is 5.92 Å². The molecule has 2 rings (SSSR count). The summed E-state index contributed by atoms with van der Waals surface area (Å²) in [7, 11) is -1.10. The van der Waals surface area contributed by atoms with Crippen molar-refractivity contribution in [3.8, 4) is 0 Å². The molecule has 0 bridgehead atoms. The highest BCUT2D eigenvalue weighted by molar-refractivity contribution is 7.86. The Hall–Kier alpha value is -1.36. The first kappa shape index (κ1) is 15.0. The van der Waals surface area contributed by atoms with E-state index < -0.39 is 16.0 Å². The predicted molar refractivity (Wildman–Crippen MR) is 83.9 cm³/mol. The minimum Gasteiger partial charge on any atom is -0.399 e. The smallest absolute Gasteiger partial charge is 0.239 e. The monoisotopic (exact) mass is 294 g/mol. The first-order chi connectivity index (χ1) is 9.56. The molecule has 2 atom stereocenters. The number of nitrogen functional groups attached to an aromatic ring is 1. The van der Waals surface area contributed by atoms with Crippen LogP contribution in [0.4, 0.5) is 11.4 Å². The first-order valence-corrected chi connectivity index (χ1v) is 8.48. The minimum absolute atomic E-state index is 0.189. The lowest BCUT2D eigenvalue weighted by atomic mass is 10.1. The number of amides is 1. The number of benzene rings is 1. The lowest BCUT2D eigenvalue weighted by molar-refractivity contribution is -0.115. The standard InChI is InChI=1S/C15H22N2O2S/c1-11(20(19)10-12-4-2-3-5-12)15(18)17-14-8-6-13(16)7-9-14/h6-9,11-12H,2-5,10,16H2,1H3,(H,17,18). The van der Waals surface area contributed by atoms with E-state index in [0.29, 0.717) is 23.0 Å². The van der Waals surface area contributed by atoms with Gasteiger partial charge in [-0.25, -0.2) is 0 Å². The second-order valence-corrected chi connectivity index (χ2v) is 7.25. The maximum atomic E-state index is 12.2. The van der Waals surface area contributed by atoms with Gasteiger partial charge in [0.05, 0.1) is 0 Å². The van der Waals surface area contributed by atoms with Crippen LogP contribution in [0.3, 0.4) is 0 Å². The van der Waals surface area contributed by atoms with E-state index in [-0.39, 0.29) is 5.91 Å². The summed E-state index contributed by atoms with van der Waals surface area (Å²) in [6.45, 7) is 1.73. The Labute approximate surface area is 122 Å². The van der Waals surface area contributed by atoms with Crippen LogP contribution in [0.1, 0.15) is 32.6 Å². The third-order valence-corrected chi connectivity index (χ3v) is 5.62. The van der Waals surface area contributed by atoms with Crippen LogP contribution in [0.15, 0.2) is 24.3 Å². The van der Waals surface area contributed by atoms with Crippen molar-refractivity contribution in [2.24, 2.45) is 5.92 Å². The zero-order valence-corrected chi connectivity index (χ0v) is 12.6. The summed E-state index contributed by atoms with van der Waals surface area (Å²) >= 11 is 0. The Bertz CT molecular complexity index is 481. The van der Waals surface area contributed by atoms with Gasteiger partial charge >= 0.3 is 0 Å². The van der Waals surface area contributed by atoms with Gasteiger partial charge in [-0.3, -0.25) is 9.00 Å². The van der Waals surface area contributed by atoms with E-state index in [1.165, 1.54) is 12.8 Å². The normalized spacial score (nSPS) is 18.6. The summed E-state index contributed by atoms with van der Waals surface area (Å²) in [5.41, 5.74) is 6.94. The van der Waals surface area contributed by atoms with Crippen molar-refractivity contribution in [3.63, 3.8) is 0 Å². The van der Waals surface area contributed by atoms with Crippen molar-refractivity contribution in [1.82, 2.24) is 0 Å². The van der Waals surface area contributed by atoms with Crippen LogP contribution in [-0.4, -0.2) is 21.1 Å². The fraction of sp³-hybridized carbons (Fsp3) is 0.533. The zero-order chi connectivity index (χ0) is 14.5. The van der Waals surface area contributed by atoms with Crippen molar-refractivity contribution in [2.45, 2.75) is 37.9 Å². The fourth-order valence-corrected chi connectivity index (χ4v) is 3.87. The molecule has 0 spiro atoms. The van der Waals surface area contributed by atoms with Crippen molar-refractivity contribution in [1.29, 1.82) is 0 Å². The molecule has 2 unspecified atom stereocenters. The summed E-state index contributed by atoms with van der Waals surface area (Å²) in [5, 5.41) is 2.31. The highest BCUT2D eigenvalue weighted by Gasteiger charge is 2.24. The van der Waals surface area contributed by atoms with E-state index in [4.69, 9.17) is 5.73 Å². The number of nitrogens with two attached hydrogens (primary N) is 1. The van der Waals surface area contributed by atoms with Crippen LogP contribution in [0.5, 0.6) is 0 Å². The van der Waals surface area contributed by atoms with E-state index >= 15 is 0 Å². The molecule has 0 aromatic heterocycles. The van der Waals surface area contributed by atoms with Gasteiger partial charge in [0.1, 0.15) is 5.25 Å². The molecular formula is C15H22N2O2S. The average Bonchev–Trinajstić information content (AvgIpc) is 2.93. The van der Waals surface area contributed by atoms with Crippen molar-refractivity contribution < 1.29 is 9.00 Å². The quantitative estimate of drug-likeness (QED) is 0.820. The summed E-state index contributed by atoms with van der Waals surface area (Å²) in [4.78, 5) is 12.1. The van der Waals surface area contributed by atoms with Crippen LogP contribution >= 0.6 is 0 Å². The molecule has 1 saturated carbocycles. The Morgan fingerprint density at radius 3 is 2.55 bits per heavy atom. The molecule has 0 radical (unpaired) electrons. The summed E-state index contributed by atoms with van der Waals surface area (Å²) < 4.78 is 12.2. The van der Waals surface area contributed by atoms with E-state index in [1.807, 2.05) is 0 Å². The maximum Gasteiger partial charge on any atom is 0.239 e. The second kappa shape index (κ2) is 6.88. The van der Waals surface area contributed by atoms with Gasteiger partial charge in [-0.05, 0) is 49.9 Å². The molecule has 3 N–H and O–H groups in total. The second-order valence-electron chi connectivity index (χ2n) is 5.45. The van der Waals surface area contributed by atoms with Crippen LogP contribution in [0.2, 0.25) is 0 Å². The molecule has 1 aliphatic carbocycles. The van der Waals surface area contributed by atoms with E-state index in [9.17, 15) is 9.00 Å². The molecular weight excluding hydrogens is 272 g/mol. The number of carbonyl (C=O) groups is 1. The molecule has 0 saturated heterocycles. The lowest BCUT2D eigenvalue weighted by Gasteiger charge is -2.15. The largest absolute Gasteiger partial charge is 0.399 e. The Kier molecular flexibility index (Phi) is 5.17. The third-order valence-electron chi connectivity index (χ3n) is 3.82. The van der Waals surface area contributed by atoms with Gasteiger partial charge in [0.2, 0.25) is 5.91 Å². The summed E-state index contributed by atoms with van der Waals surface area (Å²) in [6.07, 6.45) is 4.76. The van der Waals surface area contributed by atoms with E-state index in [1.54, 1.807) is 31.2 Å². The van der Waals surface area contributed by atoms with Gasteiger partial charge in [0.15, 0.2) is 0 Å². The molecule has 5 heteroatoms. The van der Waals surface area contributed by atoms with E-state index in [0.717, 1.165) is 12.8 Å². The Morgan fingerprint density at radius 2 is 1.95 bits per heavy atom. The molecule has 0 aliphatic heterocycles. The fourth-order valence-electron chi connectivity index (χ4n) is 2.48. The lowest BCUT2D eigenvalue weighted by Crippen LogP contribution is -2.31. The number of hydrogen-bond acceptors (Lipinski definition) is 3. The SMILES string of the molecule is CC(C(=O)Nc1ccc(N)cc1)S(=O)CC1CCCC1. The highest BCUT2D eigenvalue weighted by atomic mass is 32.2. The minimum atomic E-state index is -1.10. The van der Waals surface area contributed by atoms with Crippen LogP contribution < -0.4 is 11.1 Å².